The minimum atomic E-state index is -0.388. The van der Waals surface area contributed by atoms with Gasteiger partial charge in [0.05, 0.1) is 22.1 Å². The third-order valence-electron chi connectivity index (χ3n) is 4.07. The van der Waals surface area contributed by atoms with Gasteiger partial charge < -0.3 is 5.32 Å². The lowest BCUT2D eigenvalue weighted by molar-refractivity contribution is 0.618. The average molecular weight is 292 g/mol. The average Bonchev–Trinajstić information content (AvgIpc) is 3.23. The van der Waals surface area contributed by atoms with Crippen LogP contribution in [-0.2, 0) is 13.0 Å². The number of hydrogen-bond acceptors (Lipinski definition) is 2. The number of nitrogens with zero attached hydrogens (tertiary/aromatic N) is 2. The number of benzene rings is 1. The largest absolute Gasteiger partial charge is 0.312 e. The Morgan fingerprint density at radius 2 is 2.20 bits per heavy atom. The van der Waals surface area contributed by atoms with Gasteiger partial charge in [0.15, 0.2) is 0 Å². The molecule has 4 rings (SSSR count). The molecule has 0 radical (unpaired) electrons. The van der Waals surface area contributed by atoms with Crippen molar-refractivity contribution in [3.05, 3.63) is 46.0 Å². The predicted molar refractivity (Wildman–Crippen MR) is 75.9 cm³/mol. The zero-order valence-electron chi connectivity index (χ0n) is 11.0. The maximum atomic E-state index is 13.3. The Balaban J connectivity index is 1.86. The smallest absolute Gasteiger partial charge is 0.141 e. The lowest BCUT2D eigenvalue weighted by Gasteiger charge is -2.15. The highest BCUT2D eigenvalue weighted by Gasteiger charge is 2.32. The lowest BCUT2D eigenvalue weighted by atomic mass is 10.0. The maximum Gasteiger partial charge on any atom is 0.141 e. The van der Waals surface area contributed by atoms with Gasteiger partial charge in [0.1, 0.15) is 5.82 Å². The summed E-state index contributed by atoms with van der Waals surface area (Å²) < 4.78 is 15.3. The molecule has 1 fully saturated rings. The van der Waals surface area contributed by atoms with Crippen LogP contribution in [0.25, 0.3) is 5.69 Å². The standard InChI is InChI=1S/C15H15ClFN3/c16-12-7-10(3-4-13(12)17)20-14-5-6-18-8-11(14)15(19-20)9-1-2-9/h3-4,7,9,18H,1-2,5-6,8H2. The highest BCUT2D eigenvalue weighted by molar-refractivity contribution is 6.30. The SMILES string of the molecule is Fc1ccc(-n2nc(C3CC3)c3c2CCNC3)cc1Cl. The van der Waals surface area contributed by atoms with Gasteiger partial charge in [0, 0.05) is 31.0 Å². The number of fused-ring (bicyclic) bond motifs is 1. The first-order valence-corrected chi connectivity index (χ1v) is 7.38. The molecule has 2 aromatic rings. The van der Waals surface area contributed by atoms with Gasteiger partial charge in [0.25, 0.3) is 0 Å². The Labute approximate surface area is 121 Å². The molecule has 2 aliphatic rings. The zero-order chi connectivity index (χ0) is 13.7. The van der Waals surface area contributed by atoms with Crippen molar-refractivity contribution in [3.8, 4) is 5.69 Å². The maximum absolute atomic E-state index is 13.3. The molecule has 2 heterocycles. The molecule has 1 aromatic carbocycles. The minimum Gasteiger partial charge on any atom is -0.312 e. The topological polar surface area (TPSA) is 29.9 Å². The van der Waals surface area contributed by atoms with E-state index in [0.717, 1.165) is 25.2 Å². The Bertz CT molecular complexity index is 676. The van der Waals surface area contributed by atoms with Gasteiger partial charge in [-0.3, -0.25) is 0 Å². The first-order valence-electron chi connectivity index (χ1n) is 7.01. The Hall–Kier alpha value is -1.39. The molecule has 0 amide bonds. The van der Waals surface area contributed by atoms with E-state index in [2.05, 4.69) is 5.32 Å². The molecule has 1 aromatic heterocycles. The number of aromatic nitrogens is 2. The summed E-state index contributed by atoms with van der Waals surface area (Å²) in [6, 6.07) is 4.81. The van der Waals surface area contributed by atoms with Crippen LogP contribution in [0.4, 0.5) is 4.39 Å². The summed E-state index contributed by atoms with van der Waals surface area (Å²) in [4.78, 5) is 0. The van der Waals surface area contributed by atoms with Crippen molar-refractivity contribution in [2.24, 2.45) is 0 Å². The molecule has 3 nitrogen and oxygen atoms in total. The van der Waals surface area contributed by atoms with Crippen LogP contribution in [0.15, 0.2) is 18.2 Å². The van der Waals surface area contributed by atoms with Crippen molar-refractivity contribution >= 4 is 11.6 Å². The second-order valence-corrected chi connectivity index (χ2v) is 5.93. The van der Waals surface area contributed by atoms with E-state index in [1.807, 2.05) is 4.68 Å². The van der Waals surface area contributed by atoms with Crippen molar-refractivity contribution in [1.82, 2.24) is 15.1 Å². The molecule has 0 unspecified atom stereocenters. The van der Waals surface area contributed by atoms with E-state index in [1.54, 1.807) is 12.1 Å². The third-order valence-corrected chi connectivity index (χ3v) is 4.36. The number of hydrogen-bond donors (Lipinski definition) is 1. The Morgan fingerprint density at radius 3 is 2.95 bits per heavy atom. The molecule has 0 bridgehead atoms. The van der Waals surface area contributed by atoms with Crippen LogP contribution in [0.2, 0.25) is 5.02 Å². The first kappa shape index (κ1) is 12.4. The monoisotopic (exact) mass is 291 g/mol. The zero-order valence-corrected chi connectivity index (χ0v) is 11.8. The number of halogens is 2. The highest BCUT2D eigenvalue weighted by Crippen LogP contribution is 2.42. The van der Waals surface area contributed by atoms with E-state index >= 15 is 0 Å². The minimum absolute atomic E-state index is 0.147. The predicted octanol–water partition coefficient (Wildman–Crippen LogP) is 3.19. The van der Waals surface area contributed by atoms with E-state index in [-0.39, 0.29) is 10.8 Å². The van der Waals surface area contributed by atoms with Gasteiger partial charge in [-0.05, 0) is 31.0 Å². The van der Waals surface area contributed by atoms with Crippen LogP contribution in [0, 0.1) is 5.82 Å². The fourth-order valence-electron chi connectivity index (χ4n) is 2.89. The lowest BCUT2D eigenvalue weighted by Crippen LogP contribution is -2.24. The molecule has 1 aliphatic heterocycles. The van der Waals surface area contributed by atoms with Gasteiger partial charge in [0.2, 0.25) is 0 Å². The Kier molecular flexibility index (Phi) is 2.82. The van der Waals surface area contributed by atoms with E-state index in [1.165, 1.54) is 35.9 Å². The molecular formula is C15H15ClFN3. The van der Waals surface area contributed by atoms with Gasteiger partial charge in [-0.2, -0.15) is 5.10 Å². The van der Waals surface area contributed by atoms with Gasteiger partial charge in [-0.15, -0.1) is 0 Å². The van der Waals surface area contributed by atoms with Gasteiger partial charge in [-0.1, -0.05) is 11.6 Å². The molecular weight excluding hydrogens is 277 g/mol. The molecule has 1 saturated carbocycles. The van der Waals surface area contributed by atoms with E-state index in [9.17, 15) is 4.39 Å². The summed E-state index contributed by atoms with van der Waals surface area (Å²) >= 11 is 5.90. The van der Waals surface area contributed by atoms with E-state index < -0.39 is 0 Å². The molecule has 0 spiro atoms. The molecule has 104 valence electrons. The van der Waals surface area contributed by atoms with Crippen LogP contribution in [0.5, 0.6) is 0 Å². The van der Waals surface area contributed by atoms with Crippen molar-refractivity contribution in [2.45, 2.75) is 31.7 Å². The van der Waals surface area contributed by atoms with E-state index in [0.29, 0.717) is 5.92 Å². The highest BCUT2D eigenvalue weighted by atomic mass is 35.5. The van der Waals surface area contributed by atoms with Gasteiger partial charge >= 0.3 is 0 Å². The third kappa shape index (κ3) is 1.95. The summed E-state index contributed by atoms with van der Waals surface area (Å²) in [5, 5.41) is 8.35. The summed E-state index contributed by atoms with van der Waals surface area (Å²) in [5.41, 5.74) is 4.64. The summed E-state index contributed by atoms with van der Waals surface area (Å²) in [6.45, 7) is 1.84. The van der Waals surface area contributed by atoms with Crippen molar-refractivity contribution in [2.75, 3.05) is 6.54 Å². The molecule has 0 atom stereocenters. The van der Waals surface area contributed by atoms with E-state index in [4.69, 9.17) is 16.7 Å². The second-order valence-electron chi connectivity index (χ2n) is 5.52. The molecule has 1 N–H and O–H groups in total. The van der Waals surface area contributed by atoms with Crippen LogP contribution >= 0.6 is 11.6 Å². The molecule has 5 heteroatoms. The first-order chi connectivity index (χ1) is 9.74. The summed E-state index contributed by atoms with van der Waals surface area (Å²) in [7, 11) is 0. The summed E-state index contributed by atoms with van der Waals surface area (Å²) in [6.07, 6.45) is 3.41. The van der Waals surface area contributed by atoms with Crippen LogP contribution in [0.1, 0.15) is 35.7 Å². The fourth-order valence-corrected chi connectivity index (χ4v) is 3.06. The molecule has 1 aliphatic carbocycles. The molecule has 20 heavy (non-hydrogen) atoms. The van der Waals surface area contributed by atoms with Gasteiger partial charge in [-0.25, -0.2) is 9.07 Å². The van der Waals surface area contributed by atoms with Crippen molar-refractivity contribution < 1.29 is 4.39 Å². The summed E-state index contributed by atoms with van der Waals surface area (Å²) in [5.74, 6) is 0.223. The normalized spacial score (nSPS) is 18.1. The van der Waals surface area contributed by atoms with Crippen molar-refractivity contribution in [3.63, 3.8) is 0 Å². The number of nitrogens with one attached hydrogen (secondary N) is 1. The molecule has 0 saturated heterocycles. The second kappa shape index (κ2) is 4.57. The Morgan fingerprint density at radius 1 is 1.35 bits per heavy atom. The van der Waals surface area contributed by atoms with Crippen LogP contribution in [0.3, 0.4) is 0 Å². The van der Waals surface area contributed by atoms with Crippen LogP contribution < -0.4 is 5.32 Å². The number of rotatable bonds is 2. The quantitative estimate of drug-likeness (QED) is 0.921. The fraction of sp³-hybridized carbons (Fsp3) is 0.400. The van der Waals surface area contributed by atoms with Crippen molar-refractivity contribution in [1.29, 1.82) is 0 Å². The van der Waals surface area contributed by atoms with Crippen LogP contribution in [-0.4, -0.2) is 16.3 Å².